The van der Waals surface area contributed by atoms with Gasteiger partial charge in [0, 0.05) is 0 Å². The van der Waals surface area contributed by atoms with Crippen molar-refractivity contribution in [2.24, 2.45) is 0 Å². The molecule has 0 bridgehead atoms. The predicted molar refractivity (Wildman–Crippen MR) is 144 cm³/mol. The van der Waals surface area contributed by atoms with Crippen LogP contribution < -0.4 is 0 Å². The molecule has 0 saturated heterocycles. The van der Waals surface area contributed by atoms with Crippen molar-refractivity contribution >= 4 is 16.1 Å². The molecule has 0 saturated carbocycles. The first kappa shape index (κ1) is 29.4. The summed E-state index contributed by atoms with van der Waals surface area (Å²) in [5.74, 6) is 0. The van der Waals surface area contributed by atoms with Crippen molar-refractivity contribution in [3.05, 3.63) is 0 Å². The van der Waals surface area contributed by atoms with Crippen LogP contribution in [0.3, 0.4) is 0 Å². The summed E-state index contributed by atoms with van der Waals surface area (Å²) in [6.07, 6.45) is 19.2. The fourth-order valence-corrected chi connectivity index (χ4v) is 14.9. The zero-order valence-corrected chi connectivity index (χ0v) is 24.0. The van der Waals surface area contributed by atoms with Crippen LogP contribution in [0.5, 0.6) is 0 Å². The molecule has 0 aromatic heterocycles. The highest BCUT2D eigenvalue weighted by Gasteiger charge is 2.30. The fraction of sp³-hybridized carbons (Fsp3) is 1.00. The van der Waals surface area contributed by atoms with Crippen molar-refractivity contribution in [3.63, 3.8) is 0 Å². The van der Waals surface area contributed by atoms with Gasteiger partial charge in [0.2, 0.25) is 0 Å². The minimum absolute atomic E-state index is 0.933. The number of unbranched alkanes of at least 4 members (excludes halogenated alkanes) is 8. The second-order valence-electron chi connectivity index (χ2n) is 11.0. The molecule has 176 valence electrons. The standard InChI is InChI=1S/C27H60Si2/c1-8-12-13-14-15-18-24-28(7,27(5)6)25-19-16-17-20-26-29(21-9-2,22-10-3)23-11-4/h27H,8-26H2,1-7H3. The molecule has 0 rings (SSSR count). The molecule has 0 aromatic carbocycles. The van der Waals surface area contributed by atoms with Crippen molar-refractivity contribution in [2.75, 3.05) is 0 Å². The SMILES string of the molecule is CCCCCCCC[Si](C)(CCCCCC[Si](CCC)(CCC)CCC)C(C)C. The molecule has 0 N–H and O–H groups in total. The Morgan fingerprint density at radius 1 is 0.448 bits per heavy atom. The number of rotatable bonds is 21. The lowest BCUT2D eigenvalue weighted by Gasteiger charge is -2.32. The smallest absolute Gasteiger partial charge is 0.0535 e. The molecule has 0 aliphatic carbocycles. The first-order valence-corrected chi connectivity index (χ1v) is 19.7. The van der Waals surface area contributed by atoms with Crippen LogP contribution in [0.15, 0.2) is 0 Å². The highest BCUT2D eigenvalue weighted by atomic mass is 28.3. The van der Waals surface area contributed by atoms with E-state index in [-0.39, 0.29) is 0 Å². The molecule has 0 aliphatic rings. The molecule has 0 heterocycles. The lowest BCUT2D eigenvalue weighted by molar-refractivity contribution is 0.619. The Morgan fingerprint density at radius 3 is 1.21 bits per heavy atom. The molecule has 0 radical (unpaired) electrons. The van der Waals surface area contributed by atoms with E-state index < -0.39 is 16.1 Å². The van der Waals surface area contributed by atoms with Crippen LogP contribution in [0.4, 0.5) is 0 Å². The third-order valence-corrected chi connectivity index (χ3v) is 19.9. The summed E-state index contributed by atoms with van der Waals surface area (Å²) in [5.41, 5.74) is 0.969. The Labute approximate surface area is 189 Å². The predicted octanol–water partition coefficient (Wildman–Crippen LogP) is 11.1. The summed E-state index contributed by atoms with van der Waals surface area (Å²) in [6.45, 7) is 17.4. The monoisotopic (exact) mass is 440 g/mol. The highest BCUT2D eigenvalue weighted by Crippen LogP contribution is 2.35. The van der Waals surface area contributed by atoms with Crippen molar-refractivity contribution in [1.82, 2.24) is 0 Å². The summed E-state index contributed by atoms with van der Waals surface area (Å²) < 4.78 is 0. The Balaban J connectivity index is 4.21. The summed E-state index contributed by atoms with van der Waals surface area (Å²) in [5, 5.41) is 0. The van der Waals surface area contributed by atoms with E-state index in [4.69, 9.17) is 0 Å². The Bertz CT molecular complexity index is 335. The molecule has 0 spiro atoms. The van der Waals surface area contributed by atoms with E-state index in [0.29, 0.717) is 0 Å². The average Bonchev–Trinajstić information content (AvgIpc) is 2.68. The van der Waals surface area contributed by atoms with Gasteiger partial charge in [-0.3, -0.25) is 0 Å². The van der Waals surface area contributed by atoms with Crippen LogP contribution in [-0.2, 0) is 0 Å². The van der Waals surface area contributed by atoms with E-state index in [0.717, 1.165) is 5.54 Å². The van der Waals surface area contributed by atoms with E-state index in [9.17, 15) is 0 Å². The van der Waals surface area contributed by atoms with Crippen LogP contribution in [0, 0.1) is 0 Å². The van der Waals surface area contributed by atoms with Gasteiger partial charge < -0.3 is 0 Å². The van der Waals surface area contributed by atoms with Gasteiger partial charge in [-0.2, -0.15) is 0 Å². The molecule has 2 heteroatoms. The summed E-state index contributed by atoms with van der Waals surface area (Å²) >= 11 is 0. The fourth-order valence-electron chi connectivity index (χ4n) is 5.73. The molecule has 0 fully saturated rings. The zero-order chi connectivity index (χ0) is 22.0. The van der Waals surface area contributed by atoms with Gasteiger partial charge in [0.15, 0.2) is 0 Å². The van der Waals surface area contributed by atoms with E-state index in [2.05, 4.69) is 48.1 Å². The minimum atomic E-state index is -1.02. The molecule has 0 amide bonds. The van der Waals surface area contributed by atoms with Crippen molar-refractivity contribution < 1.29 is 0 Å². The first-order valence-electron chi connectivity index (χ1n) is 13.9. The molecule has 29 heavy (non-hydrogen) atoms. The van der Waals surface area contributed by atoms with Crippen LogP contribution in [0.2, 0.25) is 48.4 Å². The maximum absolute atomic E-state index is 2.73. The number of hydrogen-bond acceptors (Lipinski definition) is 0. The second kappa shape index (κ2) is 18.0. The average molecular weight is 441 g/mol. The molecule has 1 atom stereocenters. The largest absolute Gasteiger partial charge is 0.0690 e. The maximum atomic E-state index is 2.73. The third-order valence-electron chi connectivity index (χ3n) is 8.04. The summed E-state index contributed by atoms with van der Waals surface area (Å²) in [4.78, 5) is 0. The van der Waals surface area contributed by atoms with Crippen LogP contribution in [-0.4, -0.2) is 16.1 Å². The minimum Gasteiger partial charge on any atom is -0.0690 e. The molecule has 0 nitrogen and oxygen atoms in total. The molecule has 0 aromatic rings. The van der Waals surface area contributed by atoms with Gasteiger partial charge in [-0.25, -0.2) is 0 Å². The quantitative estimate of drug-likeness (QED) is 0.123. The number of hydrogen-bond donors (Lipinski definition) is 0. The molecular formula is C27H60Si2. The lowest BCUT2D eigenvalue weighted by atomic mass is 10.1. The highest BCUT2D eigenvalue weighted by molar-refractivity contribution is 6.80. The van der Waals surface area contributed by atoms with Gasteiger partial charge in [0.25, 0.3) is 0 Å². The van der Waals surface area contributed by atoms with Crippen molar-refractivity contribution in [1.29, 1.82) is 0 Å². The van der Waals surface area contributed by atoms with E-state index in [1.54, 1.807) is 42.7 Å². The van der Waals surface area contributed by atoms with E-state index in [1.807, 2.05) is 0 Å². The topological polar surface area (TPSA) is 0 Å². The van der Waals surface area contributed by atoms with Crippen molar-refractivity contribution in [3.8, 4) is 0 Å². The first-order chi connectivity index (χ1) is 13.9. The third kappa shape index (κ3) is 13.5. The normalized spacial score (nSPS) is 14.5. The second-order valence-corrected chi connectivity index (χ2v) is 21.5. The van der Waals surface area contributed by atoms with Gasteiger partial charge in [-0.1, -0.05) is 173 Å². The van der Waals surface area contributed by atoms with Crippen molar-refractivity contribution in [2.45, 2.75) is 173 Å². The molecule has 0 aliphatic heterocycles. The summed E-state index contributed by atoms with van der Waals surface area (Å²) in [6, 6.07) is 9.64. The van der Waals surface area contributed by atoms with Gasteiger partial charge in [-0.05, 0) is 0 Å². The molecule has 1 unspecified atom stereocenters. The molecular weight excluding hydrogens is 380 g/mol. The Kier molecular flexibility index (Phi) is 18.3. The van der Waals surface area contributed by atoms with Crippen LogP contribution in [0.25, 0.3) is 0 Å². The Hall–Kier alpha value is 0.434. The van der Waals surface area contributed by atoms with Gasteiger partial charge in [0.05, 0.1) is 16.1 Å². The van der Waals surface area contributed by atoms with Crippen LogP contribution >= 0.6 is 0 Å². The van der Waals surface area contributed by atoms with E-state index >= 15 is 0 Å². The van der Waals surface area contributed by atoms with E-state index in [1.165, 1.54) is 77.0 Å². The lowest BCUT2D eigenvalue weighted by Crippen LogP contribution is -2.33. The Morgan fingerprint density at radius 2 is 0.828 bits per heavy atom. The zero-order valence-electron chi connectivity index (χ0n) is 22.0. The van der Waals surface area contributed by atoms with Gasteiger partial charge in [0.1, 0.15) is 0 Å². The van der Waals surface area contributed by atoms with Crippen LogP contribution in [0.1, 0.15) is 125 Å². The van der Waals surface area contributed by atoms with Gasteiger partial charge >= 0.3 is 0 Å². The van der Waals surface area contributed by atoms with Gasteiger partial charge in [-0.15, -0.1) is 0 Å². The summed E-state index contributed by atoms with van der Waals surface area (Å²) in [7, 11) is -1.95. The maximum Gasteiger partial charge on any atom is 0.0535 e.